The minimum absolute atomic E-state index is 0.148. The van der Waals surface area contributed by atoms with Gasteiger partial charge in [0.2, 0.25) is 5.88 Å². The summed E-state index contributed by atoms with van der Waals surface area (Å²) in [6, 6.07) is 12.2. The van der Waals surface area contributed by atoms with Gasteiger partial charge in [0.05, 0.1) is 11.2 Å². The van der Waals surface area contributed by atoms with Crippen molar-refractivity contribution in [2.45, 2.75) is 50.3 Å². The van der Waals surface area contributed by atoms with E-state index in [0.717, 1.165) is 23.7 Å². The molecule has 2 saturated heterocycles. The molecule has 2 bridgehead atoms. The third kappa shape index (κ3) is 3.32. The summed E-state index contributed by atoms with van der Waals surface area (Å²) in [6.07, 6.45) is 7.74. The molecule has 0 saturated carbocycles. The number of aromatic nitrogens is 3. The molecular formula is C21H22N4O2. The summed E-state index contributed by atoms with van der Waals surface area (Å²) >= 11 is 0. The zero-order valence-corrected chi connectivity index (χ0v) is 15.0. The lowest BCUT2D eigenvalue weighted by molar-refractivity contribution is 0.0881. The molecule has 3 aromatic rings. The highest BCUT2D eigenvalue weighted by atomic mass is 16.5. The van der Waals surface area contributed by atoms with Crippen molar-refractivity contribution < 1.29 is 9.84 Å². The molecule has 2 aliphatic heterocycles. The number of benzene rings is 1. The second-order valence-corrected chi connectivity index (χ2v) is 7.52. The molecule has 0 amide bonds. The fraction of sp³-hybridized carbons (Fsp3) is 0.381. The SMILES string of the molecule is Oc1cc2ncccc2cc1-c1ccc(OC2CC3CCCC(C2)N3)nn1. The van der Waals surface area contributed by atoms with Crippen LogP contribution >= 0.6 is 0 Å². The van der Waals surface area contributed by atoms with Crippen LogP contribution in [-0.2, 0) is 0 Å². The molecule has 6 heteroatoms. The Bertz CT molecular complexity index is 948. The van der Waals surface area contributed by atoms with Gasteiger partial charge in [-0.05, 0) is 43.9 Å². The molecule has 27 heavy (non-hydrogen) atoms. The van der Waals surface area contributed by atoms with Gasteiger partial charge in [-0.2, -0.15) is 0 Å². The number of pyridine rings is 1. The Kier molecular flexibility index (Phi) is 4.13. The van der Waals surface area contributed by atoms with E-state index in [9.17, 15) is 5.11 Å². The molecule has 2 fully saturated rings. The minimum atomic E-state index is 0.148. The van der Waals surface area contributed by atoms with E-state index in [-0.39, 0.29) is 11.9 Å². The van der Waals surface area contributed by atoms with Gasteiger partial charge in [0, 0.05) is 41.4 Å². The number of piperidine rings is 2. The molecule has 4 heterocycles. The second-order valence-electron chi connectivity index (χ2n) is 7.52. The predicted octanol–water partition coefficient (Wildman–Crippen LogP) is 3.45. The van der Waals surface area contributed by atoms with Gasteiger partial charge in [-0.15, -0.1) is 10.2 Å². The average molecular weight is 362 g/mol. The third-order valence-corrected chi connectivity index (χ3v) is 5.60. The summed E-state index contributed by atoms with van der Waals surface area (Å²) in [7, 11) is 0. The van der Waals surface area contributed by atoms with Crippen molar-refractivity contribution in [1.82, 2.24) is 20.5 Å². The van der Waals surface area contributed by atoms with E-state index in [0.29, 0.717) is 29.2 Å². The zero-order chi connectivity index (χ0) is 18.2. The van der Waals surface area contributed by atoms with Crippen LogP contribution in [0.3, 0.4) is 0 Å². The first-order valence-electron chi connectivity index (χ1n) is 9.59. The molecule has 5 rings (SSSR count). The van der Waals surface area contributed by atoms with Gasteiger partial charge in [-0.3, -0.25) is 4.98 Å². The van der Waals surface area contributed by atoms with Crippen molar-refractivity contribution >= 4 is 10.9 Å². The van der Waals surface area contributed by atoms with Gasteiger partial charge in [0.1, 0.15) is 11.9 Å². The molecule has 2 atom stereocenters. The Morgan fingerprint density at radius 3 is 2.67 bits per heavy atom. The molecule has 1 aromatic carbocycles. The van der Waals surface area contributed by atoms with E-state index < -0.39 is 0 Å². The van der Waals surface area contributed by atoms with Crippen LogP contribution in [0.4, 0.5) is 0 Å². The van der Waals surface area contributed by atoms with E-state index in [4.69, 9.17) is 4.74 Å². The van der Waals surface area contributed by atoms with Gasteiger partial charge in [0.25, 0.3) is 0 Å². The lowest BCUT2D eigenvalue weighted by atomic mass is 9.85. The highest BCUT2D eigenvalue weighted by molar-refractivity contribution is 5.87. The Balaban J connectivity index is 1.35. The van der Waals surface area contributed by atoms with Gasteiger partial charge < -0.3 is 15.2 Å². The highest BCUT2D eigenvalue weighted by Crippen LogP contribution is 2.32. The number of phenolic OH excluding ortho intramolecular Hbond substituents is 1. The topological polar surface area (TPSA) is 80.2 Å². The maximum absolute atomic E-state index is 10.3. The fourth-order valence-electron chi connectivity index (χ4n) is 4.32. The normalized spacial score (nSPS) is 24.7. The Labute approximate surface area is 157 Å². The number of ether oxygens (including phenoxy) is 1. The van der Waals surface area contributed by atoms with Crippen LogP contribution < -0.4 is 10.1 Å². The maximum atomic E-state index is 10.3. The molecule has 0 aliphatic carbocycles. The van der Waals surface area contributed by atoms with E-state index in [1.807, 2.05) is 30.3 Å². The molecule has 2 unspecified atom stereocenters. The average Bonchev–Trinajstić information content (AvgIpc) is 2.68. The molecule has 138 valence electrons. The minimum Gasteiger partial charge on any atom is -0.507 e. The monoisotopic (exact) mass is 362 g/mol. The maximum Gasteiger partial charge on any atom is 0.233 e. The molecule has 0 spiro atoms. The number of hydrogen-bond acceptors (Lipinski definition) is 6. The highest BCUT2D eigenvalue weighted by Gasteiger charge is 2.32. The van der Waals surface area contributed by atoms with Crippen LogP contribution in [0.2, 0.25) is 0 Å². The zero-order valence-electron chi connectivity index (χ0n) is 15.0. The molecule has 2 aliphatic rings. The van der Waals surface area contributed by atoms with Crippen molar-refractivity contribution in [3.8, 4) is 22.9 Å². The van der Waals surface area contributed by atoms with Crippen LogP contribution in [0.25, 0.3) is 22.2 Å². The van der Waals surface area contributed by atoms with Gasteiger partial charge in [-0.25, -0.2) is 0 Å². The quantitative estimate of drug-likeness (QED) is 0.743. The largest absolute Gasteiger partial charge is 0.507 e. The molecule has 0 radical (unpaired) electrons. The number of rotatable bonds is 3. The van der Waals surface area contributed by atoms with E-state index >= 15 is 0 Å². The van der Waals surface area contributed by atoms with Crippen molar-refractivity contribution in [1.29, 1.82) is 0 Å². The summed E-state index contributed by atoms with van der Waals surface area (Å²) in [4.78, 5) is 4.26. The molecular weight excluding hydrogens is 340 g/mol. The number of nitrogens with zero attached hydrogens (tertiary/aromatic N) is 3. The van der Waals surface area contributed by atoms with Gasteiger partial charge in [0.15, 0.2) is 0 Å². The van der Waals surface area contributed by atoms with E-state index in [2.05, 4.69) is 20.5 Å². The van der Waals surface area contributed by atoms with Crippen LogP contribution in [0.15, 0.2) is 42.6 Å². The summed E-state index contributed by atoms with van der Waals surface area (Å²) in [5.41, 5.74) is 2.02. The number of hydrogen-bond donors (Lipinski definition) is 2. The summed E-state index contributed by atoms with van der Waals surface area (Å²) in [6.45, 7) is 0. The third-order valence-electron chi connectivity index (χ3n) is 5.60. The molecule has 6 nitrogen and oxygen atoms in total. The van der Waals surface area contributed by atoms with Crippen LogP contribution in [0.1, 0.15) is 32.1 Å². The Hall–Kier alpha value is -2.73. The summed E-state index contributed by atoms with van der Waals surface area (Å²) in [5, 5.41) is 23.5. The fourth-order valence-corrected chi connectivity index (χ4v) is 4.32. The van der Waals surface area contributed by atoms with Crippen LogP contribution in [0, 0.1) is 0 Å². The Morgan fingerprint density at radius 2 is 1.89 bits per heavy atom. The number of aromatic hydroxyl groups is 1. The summed E-state index contributed by atoms with van der Waals surface area (Å²) in [5.74, 6) is 0.695. The number of fused-ring (bicyclic) bond motifs is 3. The lowest BCUT2D eigenvalue weighted by Gasteiger charge is -2.39. The van der Waals surface area contributed by atoms with E-state index in [1.165, 1.54) is 19.3 Å². The van der Waals surface area contributed by atoms with Crippen LogP contribution in [0.5, 0.6) is 11.6 Å². The second kappa shape index (κ2) is 6.78. The lowest BCUT2D eigenvalue weighted by Crippen LogP contribution is -2.51. The van der Waals surface area contributed by atoms with Crippen molar-refractivity contribution in [2.24, 2.45) is 0 Å². The first-order chi connectivity index (χ1) is 13.2. The molecule has 2 N–H and O–H groups in total. The standard InChI is InChI=1S/C21H22N4O2/c26-20-12-19-13(3-2-8-22-19)9-17(20)18-6-7-21(25-24-18)27-16-10-14-4-1-5-15(11-16)23-14/h2-3,6-9,12,14-16,23,26H,1,4-5,10-11H2. The first kappa shape index (κ1) is 16.4. The smallest absolute Gasteiger partial charge is 0.233 e. The summed E-state index contributed by atoms with van der Waals surface area (Å²) < 4.78 is 6.10. The Morgan fingerprint density at radius 1 is 1.04 bits per heavy atom. The first-order valence-corrected chi connectivity index (χ1v) is 9.59. The number of nitrogens with one attached hydrogen (secondary N) is 1. The van der Waals surface area contributed by atoms with Crippen molar-refractivity contribution in [3.63, 3.8) is 0 Å². The predicted molar refractivity (Wildman–Crippen MR) is 103 cm³/mol. The van der Waals surface area contributed by atoms with E-state index in [1.54, 1.807) is 12.3 Å². The van der Waals surface area contributed by atoms with Gasteiger partial charge in [-0.1, -0.05) is 12.5 Å². The van der Waals surface area contributed by atoms with Crippen molar-refractivity contribution in [2.75, 3.05) is 0 Å². The number of phenols is 1. The van der Waals surface area contributed by atoms with Crippen molar-refractivity contribution in [3.05, 3.63) is 42.6 Å². The van der Waals surface area contributed by atoms with Crippen LogP contribution in [-0.4, -0.2) is 38.5 Å². The molecule has 2 aromatic heterocycles. The van der Waals surface area contributed by atoms with Gasteiger partial charge >= 0.3 is 0 Å².